The van der Waals surface area contributed by atoms with Crippen molar-refractivity contribution in [1.82, 2.24) is 0 Å². The molecule has 2 aromatic carbocycles. The van der Waals surface area contributed by atoms with Crippen LogP contribution in [0.15, 0.2) is 54.1 Å². The summed E-state index contributed by atoms with van der Waals surface area (Å²) >= 11 is 6.01. The summed E-state index contributed by atoms with van der Waals surface area (Å²) in [5, 5.41) is 12.3. The maximum Gasteiger partial charge on any atom is 0.344 e. The van der Waals surface area contributed by atoms with Gasteiger partial charge in [-0.25, -0.2) is 4.79 Å². The van der Waals surface area contributed by atoms with Gasteiger partial charge in [-0.1, -0.05) is 35.9 Å². The number of carbonyl (C=O) groups is 2. The lowest BCUT2D eigenvalue weighted by Crippen LogP contribution is -2.18. The number of benzene rings is 2. The summed E-state index contributed by atoms with van der Waals surface area (Å²) in [6.45, 7) is 3.32. The zero-order valence-electron chi connectivity index (χ0n) is 15.4. The molecule has 0 unspecified atom stereocenters. The summed E-state index contributed by atoms with van der Waals surface area (Å²) in [5.74, 6) is -0.550. The van der Waals surface area contributed by atoms with E-state index in [2.05, 4.69) is 5.32 Å². The highest BCUT2D eigenvalue weighted by atomic mass is 35.5. The van der Waals surface area contributed by atoms with Crippen molar-refractivity contribution in [3.63, 3.8) is 0 Å². The van der Waals surface area contributed by atoms with Gasteiger partial charge in [-0.05, 0) is 49.8 Å². The molecule has 0 bridgehead atoms. The predicted octanol–water partition coefficient (Wildman–Crippen LogP) is 4.22. The van der Waals surface area contributed by atoms with Crippen molar-refractivity contribution in [2.45, 2.75) is 20.0 Å². The number of carbonyl (C=O) groups excluding carboxylic acids is 2. The summed E-state index contributed by atoms with van der Waals surface area (Å²) in [6, 6.07) is 15.2. The molecule has 0 aromatic heterocycles. The molecule has 0 heterocycles. The third-order valence-electron chi connectivity index (χ3n) is 3.40. The number of rotatable bonds is 7. The van der Waals surface area contributed by atoms with Crippen LogP contribution < -0.4 is 10.1 Å². The Morgan fingerprint density at radius 3 is 2.46 bits per heavy atom. The minimum Gasteiger partial charge on any atom is -0.482 e. The zero-order chi connectivity index (χ0) is 20.5. The number of para-hydroxylation sites is 1. The minimum atomic E-state index is -0.563. The number of nitrogens with zero attached hydrogens (tertiary/aromatic N) is 1. The van der Waals surface area contributed by atoms with Crippen LogP contribution in [0.25, 0.3) is 6.08 Å². The Balaban J connectivity index is 2.02. The van der Waals surface area contributed by atoms with Gasteiger partial charge in [0.25, 0.3) is 5.91 Å². The molecule has 2 rings (SSSR count). The highest BCUT2D eigenvalue weighted by Gasteiger charge is 2.11. The van der Waals surface area contributed by atoms with Crippen LogP contribution >= 0.6 is 11.6 Å². The molecule has 144 valence electrons. The van der Waals surface area contributed by atoms with Crippen LogP contribution in [0.4, 0.5) is 5.69 Å². The molecule has 28 heavy (non-hydrogen) atoms. The third kappa shape index (κ3) is 6.45. The fourth-order valence-corrected chi connectivity index (χ4v) is 2.35. The van der Waals surface area contributed by atoms with E-state index in [9.17, 15) is 14.9 Å². The molecule has 7 heteroatoms. The number of esters is 1. The molecular formula is C21H19ClN2O4. The first kappa shape index (κ1) is 21.0. The van der Waals surface area contributed by atoms with E-state index in [1.165, 1.54) is 6.08 Å². The lowest BCUT2D eigenvalue weighted by Gasteiger charge is -2.09. The van der Waals surface area contributed by atoms with E-state index < -0.39 is 11.9 Å². The molecule has 0 aliphatic rings. The summed E-state index contributed by atoms with van der Waals surface area (Å²) in [4.78, 5) is 23.8. The number of nitrogens with one attached hydrogen (secondary N) is 1. The largest absolute Gasteiger partial charge is 0.482 e. The highest BCUT2D eigenvalue weighted by Crippen LogP contribution is 2.21. The zero-order valence-corrected chi connectivity index (χ0v) is 16.2. The van der Waals surface area contributed by atoms with E-state index in [0.717, 1.165) is 0 Å². The van der Waals surface area contributed by atoms with Gasteiger partial charge in [-0.3, -0.25) is 4.79 Å². The first-order valence-corrected chi connectivity index (χ1v) is 8.87. The van der Waals surface area contributed by atoms with Crippen molar-refractivity contribution in [3.8, 4) is 11.8 Å². The molecule has 0 saturated heterocycles. The molecule has 1 N–H and O–H groups in total. The summed E-state index contributed by atoms with van der Waals surface area (Å²) in [7, 11) is 0. The Morgan fingerprint density at radius 2 is 1.86 bits per heavy atom. The number of hydrogen-bond donors (Lipinski definition) is 1. The van der Waals surface area contributed by atoms with E-state index in [0.29, 0.717) is 22.0 Å². The SMILES string of the molecule is CC(C)OC(=O)COc1ccc(/C=C(/C#N)C(=O)Nc2ccccc2Cl)cc1. The quantitative estimate of drug-likeness (QED) is 0.428. The molecule has 0 saturated carbocycles. The van der Waals surface area contributed by atoms with Crippen LogP contribution in [0.2, 0.25) is 5.02 Å². The van der Waals surface area contributed by atoms with Crippen molar-refractivity contribution in [2.75, 3.05) is 11.9 Å². The Hall–Kier alpha value is -3.30. The van der Waals surface area contributed by atoms with E-state index in [4.69, 9.17) is 21.1 Å². The van der Waals surface area contributed by atoms with Crippen molar-refractivity contribution in [3.05, 3.63) is 64.7 Å². The smallest absolute Gasteiger partial charge is 0.344 e. The molecule has 0 atom stereocenters. The Labute approximate surface area is 168 Å². The van der Waals surface area contributed by atoms with E-state index >= 15 is 0 Å². The van der Waals surface area contributed by atoms with E-state index in [-0.39, 0.29) is 18.3 Å². The molecule has 0 spiro atoms. The first-order valence-electron chi connectivity index (χ1n) is 8.49. The topological polar surface area (TPSA) is 88.4 Å². The van der Waals surface area contributed by atoms with Crippen LogP contribution in [-0.4, -0.2) is 24.6 Å². The summed E-state index contributed by atoms with van der Waals surface area (Å²) in [5.41, 5.74) is 0.976. The van der Waals surface area contributed by atoms with Gasteiger partial charge in [-0.15, -0.1) is 0 Å². The van der Waals surface area contributed by atoms with Gasteiger partial charge < -0.3 is 14.8 Å². The van der Waals surface area contributed by atoms with Crippen LogP contribution in [0.1, 0.15) is 19.4 Å². The monoisotopic (exact) mass is 398 g/mol. The van der Waals surface area contributed by atoms with Crippen molar-refractivity contribution in [2.24, 2.45) is 0 Å². The standard InChI is InChI=1S/C21H19ClN2O4/c1-14(2)28-20(25)13-27-17-9-7-15(8-10-17)11-16(12-23)21(26)24-19-6-4-3-5-18(19)22/h3-11,14H,13H2,1-2H3,(H,24,26)/b16-11-. The Kier molecular flexibility index (Phi) is 7.61. The Morgan fingerprint density at radius 1 is 1.18 bits per heavy atom. The third-order valence-corrected chi connectivity index (χ3v) is 3.73. The van der Waals surface area contributed by atoms with Crippen molar-refractivity contribution >= 4 is 35.2 Å². The molecule has 0 aliphatic carbocycles. The number of hydrogen-bond acceptors (Lipinski definition) is 5. The van der Waals surface area contributed by atoms with Crippen LogP contribution in [0, 0.1) is 11.3 Å². The van der Waals surface area contributed by atoms with Gasteiger partial charge in [0.2, 0.25) is 0 Å². The number of anilines is 1. The fourth-order valence-electron chi connectivity index (χ4n) is 2.17. The second-order valence-corrected chi connectivity index (χ2v) is 6.41. The molecule has 0 radical (unpaired) electrons. The second-order valence-electron chi connectivity index (χ2n) is 6.00. The van der Waals surface area contributed by atoms with Gasteiger partial charge in [0.1, 0.15) is 17.4 Å². The molecule has 0 fully saturated rings. The molecule has 0 aliphatic heterocycles. The Bertz CT molecular complexity index is 915. The summed E-state index contributed by atoms with van der Waals surface area (Å²) in [6.07, 6.45) is 1.24. The van der Waals surface area contributed by atoms with Gasteiger partial charge >= 0.3 is 5.97 Å². The highest BCUT2D eigenvalue weighted by molar-refractivity contribution is 6.34. The maximum absolute atomic E-state index is 12.3. The van der Waals surface area contributed by atoms with Crippen LogP contribution in [-0.2, 0) is 14.3 Å². The molecular weight excluding hydrogens is 380 g/mol. The lowest BCUT2D eigenvalue weighted by atomic mass is 10.1. The average molecular weight is 399 g/mol. The van der Waals surface area contributed by atoms with Crippen LogP contribution in [0.3, 0.4) is 0 Å². The normalized spacial score (nSPS) is 10.9. The van der Waals surface area contributed by atoms with Gasteiger partial charge in [-0.2, -0.15) is 5.26 Å². The van der Waals surface area contributed by atoms with Crippen molar-refractivity contribution in [1.29, 1.82) is 5.26 Å². The van der Waals surface area contributed by atoms with E-state index in [1.807, 2.05) is 6.07 Å². The van der Waals surface area contributed by atoms with Crippen LogP contribution in [0.5, 0.6) is 5.75 Å². The predicted molar refractivity (Wildman–Crippen MR) is 107 cm³/mol. The average Bonchev–Trinajstić information content (AvgIpc) is 2.66. The number of halogens is 1. The number of nitriles is 1. The van der Waals surface area contributed by atoms with Gasteiger partial charge in [0.05, 0.1) is 16.8 Å². The van der Waals surface area contributed by atoms with Gasteiger partial charge in [0, 0.05) is 0 Å². The lowest BCUT2D eigenvalue weighted by molar-refractivity contribution is -0.149. The minimum absolute atomic E-state index is 0.0749. The maximum atomic E-state index is 12.3. The van der Waals surface area contributed by atoms with Gasteiger partial charge in [0.15, 0.2) is 6.61 Å². The van der Waals surface area contributed by atoms with E-state index in [1.54, 1.807) is 62.4 Å². The number of ether oxygens (including phenoxy) is 2. The number of amides is 1. The van der Waals surface area contributed by atoms with Crippen molar-refractivity contribution < 1.29 is 19.1 Å². The summed E-state index contributed by atoms with van der Waals surface area (Å²) < 4.78 is 10.3. The second kappa shape index (κ2) is 10.1. The fraction of sp³-hybridized carbons (Fsp3) is 0.190. The first-order chi connectivity index (χ1) is 13.4. The molecule has 6 nitrogen and oxygen atoms in total. The molecule has 2 aromatic rings. The molecule has 1 amide bonds.